The summed E-state index contributed by atoms with van der Waals surface area (Å²) in [7, 11) is 4.50. The summed E-state index contributed by atoms with van der Waals surface area (Å²) >= 11 is 0. The van der Waals surface area contributed by atoms with Crippen LogP contribution in [0.25, 0.3) is 0 Å². The van der Waals surface area contributed by atoms with Crippen molar-refractivity contribution < 1.29 is 14.7 Å². The standard InChI is InChI=1S/C30H54N2O2.ClH/c1-32(2,28-29-22-17-16-18-23-29)26-21-25-31-30(34)24-19-14-12-10-8-6-4-3-5-7-9-11-13-15-20-27-33;/h16-18,22-23,33H,3-15,19-21,24-28H2,1-2H3;1H. The van der Waals surface area contributed by atoms with E-state index < -0.39 is 0 Å². The van der Waals surface area contributed by atoms with Crippen LogP contribution in [-0.4, -0.2) is 49.3 Å². The largest absolute Gasteiger partial charge is 0.862 e. The highest BCUT2D eigenvalue weighted by molar-refractivity contribution is 5.85. The molecule has 4 nitrogen and oxygen atoms in total. The summed E-state index contributed by atoms with van der Waals surface area (Å²) in [6.45, 7) is 3.07. The Bertz CT molecular complexity index is 608. The van der Waals surface area contributed by atoms with Gasteiger partial charge in [-0.25, -0.2) is 0 Å². The maximum Gasteiger partial charge on any atom is 0.104 e. The van der Waals surface area contributed by atoms with Crippen LogP contribution >= 0.6 is 12.4 Å². The minimum absolute atomic E-state index is 0. The second-order valence-electron chi connectivity index (χ2n) is 10.7. The smallest absolute Gasteiger partial charge is 0.104 e. The average molecular weight is 511 g/mol. The fourth-order valence-corrected chi connectivity index (χ4v) is 4.62. The molecule has 1 N–H and O–H groups in total. The number of aliphatic hydroxyl groups is 1. The van der Waals surface area contributed by atoms with E-state index in [4.69, 9.17) is 5.11 Å². The lowest BCUT2D eigenvalue weighted by Crippen LogP contribution is -2.39. The summed E-state index contributed by atoms with van der Waals surface area (Å²) in [6.07, 6.45) is 20.7. The highest BCUT2D eigenvalue weighted by Crippen LogP contribution is 2.14. The van der Waals surface area contributed by atoms with Crippen LogP contribution in [0.4, 0.5) is 0 Å². The van der Waals surface area contributed by atoms with E-state index in [0.717, 1.165) is 36.8 Å². The molecule has 0 spiro atoms. The van der Waals surface area contributed by atoms with Crippen molar-refractivity contribution in [2.45, 2.75) is 116 Å². The Balaban J connectivity index is 0.0000116. The first-order valence-corrected chi connectivity index (χ1v) is 14.2. The molecule has 0 saturated carbocycles. The monoisotopic (exact) mass is 510 g/mol. The summed E-state index contributed by atoms with van der Waals surface area (Å²) < 4.78 is 0.930. The lowest BCUT2D eigenvalue weighted by molar-refractivity contribution is -0.903. The number of hydrogen-bond donors (Lipinski definition) is 1. The molecule has 0 aliphatic heterocycles. The topological polar surface area (TPSA) is 55.7 Å². The number of aliphatic imine (C=N–C) groups is 1. The molecule has 0 aliphatic rings. The zero-order valence-corrected chi connectivity index (χ0v) is 23.7. The predicted octanol–water partition coefficient (Wildman–Crippen LogP) is 7.07. The van der Waals surface area contributed by atoms with Gasteiger partial charge in [0, 0.05) is 25.1 Å². The molecular weight excluding hydrogens is 456 g/mol. The molecule has 5 heteroatoms. The van der Waals surface area contributed by atoms with Crippen molar-refractivity contribution in [1.29, 1.82) is 0 Å². The SMILES string of the molecule is C[N+](C)(CCCN=C([O-])CCCCCCCCCCCCCCCCCO)Cc1ccccc1.Cl. The Labute approximate surface area is 223 Å². The number of benzene rings is 1. The first-order chi connectivity index (χ1) is 16.5. The van der Waals surface area contributed by atoms with Gasteiger partial charge >= 0.3 is 0 Å². The van der Waals surface area contributed by atoms with Crippen LogP contribution in [0.15, 0.2) is 35.3 Å². The van der Waals surface area contributed by atoms with Crippen LogP contribution in [0.1, 0.15) is 115 Å². The van der Waals surface area contributed by atoms with Gasteiger partial charge in [0.1, 0.15) is 6.54 Å². The number of nitrogens with zero attached hydrogens (tertiary/aromatic N) is 2. The lowest BCUT2D eigenvalue weighted by Gasteiger charge is -2.29. The number of quaternary nitrogens is 1. The van der Waals surface area contributed by atoms with Gasteiger partial charge in [0.25, 0.3) is 0 Å². The Kier molecular flexibility index (Phi) is 22.6. The van der Waals surface area contributed by atoms with E-state index in [0.29, 0.717) is 19.6 Å². The fourth-order valence-electron chi connectivity index (χ4n) is 4.62. The maximum absolute atomic E-state index is 12.0. The van der Waals surface area contributed by atoms with Crippen molar-refractivity contribution in [3.8, 4) is 0 Å². The van der Waals surface area contributed by atoms with Gasteiger partial charge in [-0.1, -0.05) is 114 Å². The third-order valence-electron chi connectivity index (χ3n) is 6.71. The summed E-state index contributed by atoms with van der Waals surface area (Å²) in [5.74, 6) is 0.0989. The van der Waals surface area contributed by atoms with Crippen molar-refractivity contribution in [3.63, 3.8) is 0 Å². The van der Waals surface area contributed by atoms with E-state index in [2.05, 4.69) is 49.4 Å². The molecule has 0 radical (unpaired) electrons. The Morgan fingerprint density at radius 1 is 0.714 bits per heavy atom. The lowest BCUT2D eigenvalue weighted by atomic mass is 10.0. The first-order valence-electron chi connectivity index (χ1n) is 14.2. The molecule has 0 atom stereocenters. The van der Waals surface area contributed by atoms with Gasteiger partial charge in [0.2, 0.25) is 0 Å². The Morgan fingerprint density at radius 3 is 1.66 bits per heavy atom. The summed E-state index contributed by atoms with van der Waals surface area (Å²) in [5.41, 5.74) is 1.36. The molecule has 0 aromatic heterocycles. The third-order valence-corrected chi connectivity index (χ3v) is 6.71. The van der Waals surface area contributed by atoms with Gasteiger partial charge in [0.05, 0.1) is 20.6 Å². The highest BCUT2D eigenvalue weighted by atomic mass is 35.5. The first kappa shape index (κ1) is 33.9. The molecule has 0 fully saturated rings. The number of rotatable bonds is 23. The Hall–Kier alpha value is -1.10. The molecule has 0 heterocycles. The summed E-state index contributed by atoms with van der Waals surface area (Å²) in [5, 5.41) is 20.8. The molecule has 0 amide bonds. The molecule has 1 rings (SSSR count). The number of unbranched alkanes of at least 4 members (excludes halogenated alkanes) is 14. The molecule has 0 bridgehead atoms. The third kappa shape index (κ3) is 21.9. The summed E-state index contributed by atoms with van der Waals surface area (Å²) in [6, 6.07) is 10.6. The number of hydrogen-bond acceptors (Lipinski definition) is 3. The Morgan fingerprint density at radius 2 is 1.17 bits per heavy atom. The number of aliphatic hydroxyl groups excluding tert-OH is 1. The van der Waals surface area contributed by atoms with Crippen LogP contribution in [0, 0.1) is 0 Å². The normalized spacial score (nSPS) is 12.0. The molecule has 1 aromatic carbocycles. The minimum atomic E-state index is 0. The summed E-state index contributed by atoms with van der Waals surface area (Å²) in [4.78, 5) is 4.28. The molecule has 0 aliphatic carbocycles. The predicted molar refractivity (Wildman–Crippen MR) is 152 cm³/mol. The van der Waals surface area contributed by atoms with Gasteiger partial charge in [0.15, 0.2) is 0 Å². The fraction of sp³-hybridized carbons (Fsp3) is 0.767. The zero-order valence-electron chi connectivity index (χ0n) is 22.9. The molecule has 35 heavy (non-hydrogen) atoms. The van der Waals surface area contributed by atoms with Gasteiger partial charge in [-0.2, -0.15) is 0 Å². The van der Waals surface area contributed by atoms with Crippen molar-refractivity contribution in [2.75, 3.05) is 33.8 Å². The second kappa shape index (κ2) is 23.3. The van der Waals surface area contributed by atoms with E-state index in [1.165, 1.54) is 89.0 Å². The van der Waals surface area contributed by atoms with Gasteiger partial charge < -0.3 is 19.7 Å². The molecule has 0 unspecified atom stereocenters. The number of halogens is 1. The van der Waals surface area contributed by atoms with Crippen molar-refractivity contribution in [2.24, 2.45) is 4.99 Å². The second-order valence-corrected chi connectivity index (χ2v) is 10.7. The van der Waals surface area contributed by atoms with Gasteiger partial charge in [-0.15, -0.1) is 12.4 Å². The van der Waals surface area contributed by atoms with E-state index in [-0.39, 0.29) is 18.3 Å². The molecule has 1 aromatic rings. The van der Waals surface area contributed by atoms with E-state index in [9.17, 15) is 5.11 Å². The zero-order chi connectivity index (χ0) is 24.7. The van der Waals surface area contributed by atoms with Crippen LogP contribution < -0.4 is 5.11 Å². The van der Waals surface area contributed by atoms with E-state index >= 15 is 0 Å². The highest BCUT2D eigenvalue weighted by Gasteiger charge is 2.14. The van der Waals surface area contributed by atoms with Gasteiger partial charge in [-0.3, -0.25) is 0 Å². The van der Waals surface area contributed by atoms with Crippen LogP contribution in [-0.2, 0) is 6.54 Å². The minimum Gasteiger partial charge on any atom is -0.862 e. The van der Waals surface area contributed by atoms with Crippen LogP contribution in [0.3, 0.4) is 0 Å². The van der Waals surface area contributed by atoms with E-state index in [1.807, 2.05) is 0 Å². The van der Waals surface area contributed by atoms with Crippen LogP contribution in [0.2, 0.25) is 0 Å². The van der Waals surface area contributed by atoms with Crippen molar-refractivity contribution in [1.82, 2.24) is 0 Å². The molecule has 0 saturated heterocycles. The maximum atomic E-state index is 12.0. The average Bonchev–Trinajstić information content (AvgIpc) is 2.82. The molecular formula is C30H55ClN2O2. The van der Waals surface area contributed by atoms with Crippen molar-refractivity contribution >= 4 is 18.3 Å². The molecule has 204 valence electrons. The van der Waals surface area contributed by atoms with E-state index in [1.54, 1.807) is 0 Å². The van der Waals surface area contributed by atoms with Crippen LogP contribution in [0.5, 0.6) is 0 Å². The quantitative estimate of drug-likeness (QED) is 0.0740. The van der Waals surface area contributed by atoms with Gasteiger partial charge in [-0.05, 0) is 25.2 Å². The van der Waals surface area contributed by atoms with Crippen molar-refractivity contribution in [3.05, 3.63) is 35.9 Å².